The van der Waals surface area contributed by atoms with E-state index in [1.165, 1.54) is 17.8 Å². The zero-order chi connectivity index (χ0) is 21.7. The van der Waals surface area contributed by atoms with Crippen LogP contribution in [0.5, 0.6) is 0 Å². The predicted molar refractivity (Wildman–Crippen MR) is 126 cm³/mol. The second-order valence-corrected chi connectivity index (χ2v) is 8.58. The molecular weight excluding hydrogens is 439 g/mol. The summed E-state index contributed by atoms with van der Waals surface area (Å²) in [5.41, 5.74) is 4.02. The molecule has 3 aromatic carbocycles. The molecule has 0 bridgehead atoms. The summed E-state index contributed by atoms with van der Waals surface area (Å²) in [6.45, 7) is 4.00. The number of benzene rings is 3. The largest absolute Gasteiger partial charge is 0.325 e. The highest BCUT2D eigenvalue weighted by Crippen LogP contribution is 2.24. The third-order valence-corrected chi connectivity index (χ3v) is 6.10. The molecule has 0 aromatic heterocycles. The SMILES string of the molecule is Cc1cccc(NC(=O)CSc2ccc(NC(=O)c3ccc(Cl)cc3Cl)cc2)c1C. The van der Waals surface area contributed by atoms with Crippen LogP contribution in [0.15, 0.2) is 65.6 Å². The first-order valence-electron chi connectivity index (χ1n) is 9.19. The molecule has 30 heavy (non-hydrogen) atoms. The lowest BCUT2D eigenvalue weighted by atomic mass is 10.1. The van der Waals surface area contributed by atoms with Crippen LogP contribution in [0.4, 0.5) is 11.4 Å². The van der Waals surface area contributed by atoms with Crippen LogP contribution >= 0.6 is 35.0 Å². The van der Waals surface area contributed by atoms with Crippen molar-refractivity contribution in [3.05, 3.63) is 87.4 Å². The van der Waals surface area contributed by atoms with Gasteiger partial charge >= 0.3 is 0 Å². The molecule has 7 heteroatoms. The Balaban J connectivity index is 1.54. The molecule has 3 aromatic rings. The second kappa shape index (κ2) is 10.0. The van der Waals surface area contributed by atoms with Crippen LogP contribution in [0.3, 0.4) is 0 Å². The lowest BCUT2D eigenvalue weighted by Crippen LogP contribution is -2.15. The minimum Gasteiger partial charge on any atom is -0.325 e. The molecule has 154 valence electrons. The Bertz CT molecular complexity index is 1090. The van der Waals surface area contributed by atoms with Crippen molar-refractivity contribution in [3.63, 3.8) is 0 Å². The quantitative estimate of drug-likeness (QED) is 0.409. The first-order chi connectivity index (χ1) is 14.3. The van der Waals surface area contributed by atoms with E-state index < -0.39 is 0 Å². The third kappa shape index (κ3) is 5.79. The smallest absolute Gasteiger partial charge is 0.257 e. The summed E-state index contributed by atoms with van der Waals surface area (Å²) in [5, 5.41) is 6.51. The standard InChI is InChI=1S/C23H20Cl2N2O2S/c1-14-4-3-5-21(15(14)2)27-22(28)13-30-18-9-7-17(8-10-18)26-23(29)19-11-6-16(24)12-20(19)25/h3-12H,13H2,1-2H3,(H,26,29)(H,27,28). The van der Waals surface area contributed by atoms with Crippen LogP contribution in [0, 0.1) is 13.8 Å². The van der Waals surface area contributed by atoms with E-state index in [1.54, 1.807) is 24.3 Å². The molecule has 0 fully saturated rings. The molecule has 2 N–H and O–H groups in total. The fraction of sp³-hybridized carbons (Fsp3) is 0.130. The lowest BCUT2D eigenvalue weighted by molar-refractivity contribution is -0.113. The van der Waals surface area contributed by atoms with Crippen LogP contribution in [0.2, 0.25) is 10.0 Å². The Morgan fingerprint density at radius 1 is 0.933 bits per heavy atom. The third-order valence-electron chi connectivity index (χ3n) is 4.54. The van der Waals surface area contributed by atoms with Crippen molar-refractivity contribution in [1.29, 1.82) is 0 Å². The van der Waals surface area contributed by atoms with Crippen molar-refractivity contribution in [1.82, 2.24) is 0 Å². The molecule has 3 rings (SSSR count). The summed E-state index contributed by atoms with van der Waals surface area (Å²) in [4.78, 5) is 25.6. The second-order valence-electron chi connectivity index (χ2n) is 6.69. The van der Waals surface area contributed by atoms with E-state index in [4.69, 9.17) is 23.2 Å². The van der Waals surface area contributed by atoms with Gasteiger partial charge in [0.25, 0.3) is 5.91 Å². The number of hydrogen-bond donors (Lipinski definition) is 2. The maximum absolute atomic E-state index is 12.4. The molecule has 0 radical (unpaired) electrons. The van der Waals surface area contributed by atoms with Gasteiger partial charge in [-0.05, 0) is 73.5 Å². The lowest BCUT2D eigenvalue weighted by Gasteiger charge is -2.10. The highest BCUT2D eigenvalue weighted by molar-refractivity contribution is 8.00. The maximum Gasteiger partial charge on any atom is 0.257 e. The van der Waals surface area contributed by atoms with Crippen LogP contribution < -0.4 is 10.6 Å². The van der Waals surface area contributed by atoms with Gasteiger partial charge in [-0.25, -0.2) is 0 Å². The molecular formula is C23H20Cl2N2O2S. The number of nitrogens with one attached hydrogen (secondary N) is 2. The van der Waals surface area contributed by atoms with E-state index in [0.29, 0.717) is 27.0 Å². The normalized spacial score (nSPS) is 10.5. The Kier molecular flexibility index (Phi) is 7.43. The number of carbonyl (C=O) groups excluding carboxylic acids is 2. The van der Waals surface area contributed by atoms with Gasteiger partial charge in [0, 0.05) is 21.3 Å². The summed E-state index contributed by atoms with van der Waals surface area (Å²) in [7, 11) is 0. The van der Waals surface area contributed by atoms with Crippen molar-refractivity contribution in [2.45, 2.75) is 18.7 Å². The van der Waals surface area contributed by atoms with Crippen molar-refractivity contribution >= 4 is 58.2 Å². The van der Waals surface area contributed by atoms with Crippen molar-refractivity contribution < 1.29 is 9.59 Å². The number of amides is 2. The topological polar surface area (TPSA) is 58.2 Å². The van der Waals surface area contributed by atoms with Crippen LogP contribution in [-0.2, 0) is 4.79 Å². The monoisotopic (exact) mass is 458 g/mol. The highest BCUT2D eigenvalue weighted by Gasteiger charge is 2.11. The van der Waals surface area contributed by atoms with E-state index in [1.807, 2.05) is 44.2 Å². The first-order valence-corrected chi connectivity index (χ1v) is 10.9. The summed E-state index contributed by atoms with van der Waals surface area (Å²) in [5.74, 6) is -0.0899. The number of halogens is 2. The average molecular weight is 459 g/mol. The summed E-state index contributed by atoms with van der Waals surface area (Å²) in [6, 6.07) is 17.8. The van der Waals surface area contributed by atoms with Gasteiger partial charge in [0.05, 0.1) is 16.3 Å². The van der Waals surface area contributed by atoms with Gasteiger partial charge in [-0.3, -0.25) is 9.59 Å². The number of aryl methyl sites for hydroxylation is 1. The van der Waals surface area contributed by atoms with Gasteiger partial charge < -0.3 is 10.6 Å². The molecule has 2 amide bonds. The molecule has 0 heterocycles. The summed E-state index contributed by atoms with van der Waals surface area (Å²) < 4.78 is 0. The minimum absolute atomic E-state index is 0.0662. The van der Waals surface area contributed by atoms with Gasteiger partial charge in [-0.15, -0.1) is 11.8 Å². The van der Waals surface area contributed by atoms with Gasteiger partial charge in [0.15, 0.2) is 0 Å². The van der Waals surface area contributed by atoms with E-state index >= 15 is 0 Å². The Morgan fingerprint density at radius 2 is 1.67 bits per heavy atom. The molecule has 0 saturated heterocycles. The number of rotatable bonds is 6. The number of hydrogen-bond acceptors (Lipinski definition) is 3. The maximum atomic E-state index is 12.4. The molecule has 4 nitrogen and oxygen atoms in total. The Morgan fingerprint density at radius 3 is 2.37 bits per heavy atom. The first kappa shape index (κ1) is 22.2. The van der Waals surface area contributed by atoms with Crippen LogP contribution in [0.25, 0.3) is 0 Å². The molecule has 0 saturated carbocycles. The molecule has 0 unspecified atom stereocenters. The summed E-state index contributed by atoms with van der Waals surface area (Å²) in [6.07, 6.45) is 0. The van der Waals surface area contributed by atoms with Crippen molar-refractivity contribution in [2.24, 2.45) is 0 Å². The zero-order valence-corrected chi connectivity index (χ0v) is 18.8. The Hall–Kier alpha value is -2.47. The number of carbonyl (C=O) groups is 2. The van der Waals surface area contributed by atoms with Crippen molar-refractivity contribution in [3.8, 4) is 0 Å². The van der Waals surface area contributed by atoms with Gasteiger partial charge in [-0.2, -0.15) is 0 Å². The van der Waals surface area contributed by atoms with E-state index in [2.05, 4.69) is 10.6 Å². The number of anilines is 2. The van der Waals surface area contributed by atoms with Gasteiger partial charge in [-0.1, -0.05) is 35.3 Å². The fourth-order valence-corrected chi connectivity index (χ4v) is 3.92. The average Bonchev–Trinajstić information content (AvgIpc) is 2.71. The summed E-state index contributed by atoms with van der Waals surface area (Å²) >= 11 is 13.4. The molecule has 0 aliphatic heterocycles. The van der Waals surface area contributed by atoms with E-state index in [0.717, 1.165) is 21.7 Å². The molecule has 0 aliphatic carbocycles. The van der Waals surface area contributed by atoms with Crippen LogP contribution in [0.1, 0.15) is 21.5 Å². The molecule has 0 aliphatic rings. The van der Waals surface area contributed by atoms with Crippen molar-refractivity contribution in [2.75, 3.05) is 16.4 Å². The zero-order valence-electron chi connectivity index (χ0n) is 16.5. The predicted octanol–water partition coefficient (Wildman–Crippen LogP) is 6.59. The van der Waals surface area contributed by atoms with E-state index in [-0.39, 0.29) is 11.8 Å². The molecule has 0 atom stereocenters. The van der Waals surface area contributed by atoms with Gasteiger partial charge in [0.2, 0.25) is 5.91 Å². The fourth-order valence-electron chi connectivity index (χ4n) is 2.73. The highest BCUT2D eigenvalue weighted by atomic mass is 35.5. The van der Waals surface area contributed by atoms with Crippen LogP contribution in [-0.4, -0.2) is 17.6 Å². The minimum atomic E-state index is -0.315. The molecule has 0 spiro atoms. The Labute approximate surface area is 190 Å². The number of thioether (sulfide) groups is 1. The van der Waals surface area contributed by atoms with Gasteiger partial charge in [0.1, 0.15) is 0 Å². The van der Waals surface area contributed by atoms with E-state index in [9.17, 15) is 9.59 Å².